The first-order valence-electron chi connectivity index (χ1n) is 4.01. The molecule has 0 amide bonds. The standard InChI is InChI=1S/C9H14N2OS/c1-5-7(12)8-6(2)10-9(13-8)11(3)4/h5,7,12H,1H2,2-4H3. The molecule has 1 aromatic rings. The minimum absolute atomic E-state index is 0.591. The molecule has 0 radical (unpaired) electrons. The topological polar surface area (TPSA) is 36.4 Å². The highest BCUT2D eigenvalue weighted by Crippen LogP contribution is 2.29. The van der Waals surface area contributed by atoms with E-state index in [2.05, 4.69) is 11.6 Å². The van der Waals surface area contributed by atoms with Crippen LogP contribution in [0.2, 0.25) is 0 Å². The zero-order valence-electron chi connectivity index (χ0n) is 8.11. The molecule has 13 heavy (non-hydrogen) atoms. The van der Waals surface area contributed by atoms with Crippen LogP contribution in [0.1, 0.15) is 16.7 Å². The van der Waals surface area contributed by atoms with Crippen molar-refractivity contribution in [1.82, 2.24) is 4.98 Å². The highest BCUT2D eigenvalue weighted by Gasteiger charge is 2.13. The van der Waals surface area contributed by atoms with Crippen molar-refractivity contribution in [2.75, 3.05) is 19.0 Å². The summed E-state index contributed by atoms with van der Waals surface area (Å²) < 4.78 is 0. The van der Waals surface area contributed by atoms with Crippen LogP contribution in [-0.2, 0) is 0 Å². The highest BCUT2D eigenvalue weighted by atomic mass is 32.1. The fraction of sp³-hybridized carbons (Fsp3) is 0.444. The van der Waals surface area contributed by atoms with E-state index in [0.29, 0.717) is 0 Å². The number of hydrogen-bond acceptors (Lipinski definition) is 4. The second-order valence-corrected chi connectivity index (χ2v) is 4.03. The predicted octanol–water partition coefficient (Wildman–Crippen LogP) is 1.74. The molecule has 72 valence electrons. The number of nitrogens with zero attached hydrogens (tertiary/aromatic N) is 2. The largest absolute Gasteiger partial charge is 0.383 e. The second kappa shape index (κ2) is 3.89. The Morgan fingerprint density at radius 1 is 1.62 bits per heavy atom. The second-order valence-electron chi connectivity index (χ2n) is 3.02. The van der Waals surface area contributed by atoms with Gasteiger partial charge in [0.2, 0.25) is 0 Å². The smallest absolute Gasteiger partial charge is 0.185 e. The molecule has 1 rings (SSSR count). The summed E-state index contributed by atoms with van der Waals surface area (Å²) in [5.41, 5.74) is 0.876. The van der Waals surface area contributed by atoms with Crippen LogP contribution in [0.15, 0.2) is 12.7 Å². The molecule has 1 heterocycles. The van der Waals surface area contributed by atoms with Gasteiger partial charge in [-0.3, -0.25) is 0 Å². The Balaban J connectivity index is 3.02. The lowest BCUT2D eigenvalue weighted by Gasteiger charge is -2.05. The van der Waals surface area contributed by atoms with Gasteiger partial charge < -0.3 is 10.0 Å². The van der Waals surface area contributed by atoms with Gasteiger partial charge in [0.15, 0.2) is 5.13 Å². The van der Waals surface area contributed by atoms with Crippen molar-refractivity contribution in [3.05, 3.63) is 23.2 Å². The van der Waals surface area contributed by atoms with Crippen molar-refractivity contribution < 1.29 is 5.11 Å². The molecule has 0 aromatic carbocycles. The number of aliphatic hydroxyl groups excluding tert-OH is 1. The molecule has 0 aliphatic rings. The molecule has 1 aromatic heterocycles. The van der Waals surface area contributed by atoms with E-state index < -0.39 is 6.10 Å². The Hall–Kier alpha value is -0.870. The first-order chi connectivity index (χ1) is 6.06. The number of rotatable bonds is 3. The van der Waals surface area contributed by atoms with Crippen LogP contribution in [0.3, 0.4) is 0 Å². The molecule has 0 aliphatic heterocycles. The van der Waals surface area contributed by atoms with Crippen molar-refractivity contribution in [1.29, 1.82) is 0 Å². The lowest BCUT2D eigenvalue weighted by Crippen LogP contribution is -2.07. The summed E-state index contributed by atoms with van der Waals surface area (Å²) in [6.45, 7) is 5.44. The van der Waals surface area contributed by atoms with Gasteiger partial charge in [-0.25, -0.2) is 4.98 Å². The molecule has 3 nitrogen and oxygen atoms in total. The van der Waals surface area contributed by atoms with E-state index in [1.54, 1.807) is 0 Å². The van der Waals surface area contributed by atoms with E-state index in [0.717, 1.165) is 15.7 Å². The third-order valence-corrected chi connectivity index (χ3v) is 3.09. The molecule has 1 unspecified atom stereocenters. The summed E-state index contributed by atoms with van der Waals surface area (Å²) in [7, 11) is 3.87. The molecular formula is C9H14N2OS. The number of anilines is 1. The third-order valence-electron chi connectivity index (χ3n) is 1.70. The van der Waals surface area contributed by atoms with Crippen LogP contribution in [0.5, 0.6) is 0 Å². The first-order valence-corrected chi connectivity index (χ1v) is 4.83. The average molecular weight is 198 g/mol. The van der Waals surface area contributed by atoms with Gasteiger partial charge in [0, 0.05) is 14.1 Å². The maximum absolute atomic E-state index is 9.54. The predicted molar refractivity (Wildman–Crippen MR) is 56.3 cm³/mol. The fourth-order valence-electron chi connectivity index (χ4n) is 0.966. The molecule has 4 heteroatoms. The molecule has 0 aliphatic carbocycles. The lowest BCUT2D eigenvalue weighted by molar-refractivity contribution is 0.232. The molecule has 1 atom stereocenters. The summed E-state index contributed by atoms with van der Waals surface area (Å²) in [4.78, 5) is 7.12. The van der Waals surface area contributed by atoms with Crippen LogP contribution in [0.4, 0.5) is 5.13 Å². The molecular weight excluding hydrogens is 184 g/mol. The zero-order valence-corrected chi connectivity index (χ0v) is 8.93. The summed E-state index contributed by atoms with van der Waals surface area (Å²) in [5, 5.41) is 10.4. The highest BCUT2D eigenvalue weighted by molar-refractivity contribution is 7.15. The van der Waals surface area contributed by atoms with Crippen LogP contribution in [0, 0.1) is 6.92 Å². The van der Waals surface area contributed by atoms with Gasteiger partial charge in [-0.2, -0.15) is 0 Å². The van der Waals surface area contributed by atoms with E-state index >= 15 is 0 Å². The van der Waals surface area contributed by atoms with Crippen molar-refractivity contribution in [2.24, 2.45) is 0 Å². The Morgan fingerprint density at radius 2 is 2.23 bits per heavy atom. The molecule has 0 saturated carbocycles. The Kier molecular flexibility index (Phi) is 3.06. The fourth-order valence-corrected chi connectivity index (χ4v) is 1.94. The van der Waals surface area contributed by atoms with Gasteiger partial charge in [0.1, 0.15) is 6.10 Å². The number of hydrogen-bond donors (Lipinski definition) is 1. The van der Waals surface area contributed by atoms with Gasteiger partial charge in [0.05, 0.1) is 10.6 Å². The van der Waals surface area contributed by atoms with E-state index in [4.69, 9.17) is 0 Å². The number of aromatic nitrogens is 1. The molecule has 0 bridgehead atoms. The normalized spacial score (nSPS) is 12.6. The minimum atomic E-state index is -0.591. The number of aliphatic hydroxyl groups is 1. The molecule has 0 spiro atoms. The van der Waals surface area contributed by atoms with E-state index in [-0.39, 0.29) is 0 Å². The van der Waals surface area contributed by atoms with Crippen molar-refractivity contribution in [3.63, 3.8) is 0 Å². The molecule has 0 fully saturated rings. The van der Waals surface area contributed by atoms with Crippen LogP contribution in [0.25, 0.3) is 0 Å². The maximum atomic E-state index is 9.54. The molecule has 1 N–H and O–H groups in total. The van der Waals surface area contributed by atoms with Gasteiger partial charge >= 0.3 is 0 Å². The quantitative estimate of drug-likeness (QED) is 0.751. The SMILES string of the molecule is C=CC(O)c1sc(N(C)C)nc1C. The Labute approximate surface area is 82.3 Å². The lowest BCUT2D eigenvalue weighted by atomic mass is 10.2. The van der Waals surface area contributed by atoms with Gasteiger partial charge in [0.25, 0.3) is 0 Å². The van der Waals surface area contributed by atoms with Crippen LogP contribution < -0.4 is 4.90 Å². The number of thiazole rings is 1. The van der Waals surface area contributed by atoms with E-state index in [1.165, 1.54) is 17.4 Å². The van der Waals surface area contributed by atoms with Gasteiger partial charge in [-0.1, -0.05) is 17.4 Å². The summed E-state index contributed by atoms with van der Waals surface area (Å²) in [6, 6.07) is 0. The van der Waals surface area contributed by atoms with E-state index in [1.807, 2.05) is 25.9 Å². The zero-order chi connectivity index (χ0) is 10.0. The maximum Gasteiger partial charge on any atom is 0.185 e. The average Bonchev–Trinajstić information content (AvgIpc) is 2.46. The van der Waals surface area contributed by atoms with Crippen LogP contribution in [-0.4, -0.2) is 24.2 Å². The van der Waals surface area contributed by atoms with Crippen LogP contribution >= 0.6 is 11.3 Å². The van der Waals surface area contributed by atoms with E-state index in [9.17, 15) is 5.11 Å². The first kappa shape index (κ1) is 10.2. The Bertz CT molecular complexity index is 307. The van der Waals surface area contributed by atoms with Crippen molar-refractivity contribution in [2.45, 2.75) is 13.0 Å². The van der Waals surface area contributed by atoms with Crippen molar-refractivity contribution in [3.8, 4) is 0 Å². The van der Waals surface area contributed by atoms with Gasteiger partial charge in [-0.05, 0) is 6.92 Å². The molecule has 0 saturated heterocycles. The monoisotopic (exact) mass is 198 g/mol. The summed E-state index contributed by atoms with van der Waals surface area (Å²) >= 11 is 1.49. The minimum Gasteiger partial charge on any atom is -0.383 e. The summed E-state index contributed by atoms with van der Waals surface area (Å²) in [6.07, 6.45) is 0.922. The summed E-state index contributed by atoms with van der Waals surface area (Å²) in [5.74, 6) is 0. The Morgan fingerprint density at radius 3 is 2.62 bits per heavy atom. The third kappa shape index (κ3) is 2.08. The van der Waals surface area contributed by atoms with Crippen molar-refractivity contribution >= 4 is 16.5 Å². The van der Waals surface area contributed by atoms with Gasteiger partial charge in [-0.15, -0.1) is 6.58 Å². The number of aryl methyl sites for hydroxylation is 1.